The Morgan fingerprint density at radius 1 is 1.50 bits per heavy atom. The minimum absolute atomic E-state index is 0.141. The number of fused-ring (bicyclic) bond motifs is 2. The van der Waals surface area contributed by atoms with Gasteiger partial charge in [0.2, 0.25) is 6.41 Å². The largest absolute Gasteiger partial charge is 0.296 e. The Balaban J connectivity index is 1.71. The molecule has 3 N–H and O–H groups in total. The van der Waals surface area contributed by atoms with Crippen LogP contribution in [0.3, 0.4) is 0 Å². The highest BCUT2D eigenvalue weighted by Crippen LogP contribution is 2.82. The number of imide groups is 1. The summed E-state index contributed by atoms with van der Waals surface area (Å²) in [4.78, 5) is 23.2. The molecule has 4 rings (SSSR count). The molecule has 5 heteroatoms. The van der Waals surface area contributed by atoms with Crippen molar-refractivity contribution in [2.75, 3.05) is 0 Å². The lowest BCUT2D eigenvalue weighted by Gasteiger charge is -2.31. The number of carbonyl (C=O) groups is 2. The molecule has 2 unspecified atom stereocenters. The summed E-state index contributed by atoms with van der Waals surface area (Å²) in [5.74, 6) is 6.56. The Bertz CT molecular complexity index is 483. The van der Waals surface area contributed by atoms with E-state index in [2.05, 4.69) is 24.4 Å². The van der Waals surface area contributed by atoms with Crippen LogP contribution in [0.15, 0.2) is 12.2 Å². The Morgan fingerprint density at radius 3 is 2.72 bits per heavy atom. The molecule has 3 aliphatic carbocycles. The van der Waals surface area contributed by atoms with Gasteiger partial charge in [-0.1, -0.05) is 19.1 Å². The van der Waals surface area contributed by atoms with Gasteiger partial charge in [0.25, 0.3) is 5.91 Å². The molecule has 5 nitrogen and oxygen atoms in total. The van der Waals surface area contributed by atoms with Gasteiger partial charge in [0, 0.05) is 12.0 Å². The lowest BCUT2D eigenvalue weighted by Crippen LogP contribution is -2.52. The highest BCUT2D eigenvalue weighted by molar-refractivity contribution is 5.97. The molecule has 3 fully saturated rings. The van der Waals surface area contributed by atoms with E-state index < -0.39 is 5.54 Å². The quantitative estimate of drug-likeness (QED) is 0.180. The van der Waals surface area contributed by atoms with E-state index in [1.54, 1.807) is 0 Å². The molecule has 0 radical (unpaired) electrons. The van der Waals surface area contributed by atoms with Crippen LogP contribution in [0.4, 0.5) is 0 Å². The predicted molar refractivity (Wildman–Crippen MR) is 63.7 cm³/mol. The lowest BCUT2D eigenvalue weighted by molar-refractivity contribution is -0.142. The van der Waals surface area contributed by atoms with Gasteiger partial charge < -0.3 is 0 Å². The molecule has 2 saturated carbocycles. The van der Waals surface area contributed by atoms with Crippen molar-refractivity contribution >= 4 is 12.3 Å². The smallest absolute Gasteiger partial charge is 0.265 e. The highest BCUT2D eigenvalue weighted by atomic mass is 16.2. The number of rotatable bonds is 3. The monoisotopic (exact) mass is 247 g/mol. The van der Waals surface area contributed by atoms with E-state index in [4.69, 9.17) is 5.84 Å². The zero-order valence-electron chi connectivity index (χ0n) is 10.3. The van der Waals surface area contributed by atoms with Gasteiger partial charge in [-0.3, -0.25) is 14.9 Å². The predicted octanol–water partition coefficient (Wildman–Crippen LogP) is -0.212. The molecule has 1 heterocycles. The summed E-state index contributed by atoms with van der Waals surface area (Å²) in [6.45, 7) is 2.09. The summed E-state index contributed by atoms with van der Waals surface area (Å²) in [5, 5.41) is 4.05. The van der Waals surface area contributed by atoms with Crippen molar-refractivity contribution in [3.8, 4) is 0 Å². The Kier molecular flexibility index (Phi) is 1.70. The zero-order chi connectivity index (χ0) is 12.7. The average Bonchev–Trinajstić information content (AvgIpc) is 3.17. The number of nitrogens with one attached hydrogen (secondary N) is 1. The van der Waals surface area contributed by atoms with Crippen LogP contribution >= 0.6 is 0 Å². The number of hydrazine groups is 1. The highest BCUT2D eigenvalue weighted by Gasteiger charge is 2.81. The first kappa shape index (κ1) is 10.7. The van der Waals surface area contributed by atoms with Gasteiger partial charge in [0.15, 0.2) is 0 Å². The molecule has 18 heavy (non-hydrogen) atoms. The molecule has 4 aliphatic rings. The van der Waals surface area contributed by atoms with E-state index >= 15 is 0 Å². The number of nitrogens with zero attached hydrogens (tertiary/aromatic N) is 1. The molecule has 96 valence electrons. The lowest BCUT2D eigenvalue weighted by atomic mass is 9.73. The van der Waals surface area contributed by atoms with Crippen molar-refractivity contribution in [3.63, 3.8) is 0 Å². The molecule has 2 amide bonds. The maximum absolute atomic E-state index is 12.4. The first-order valence-electron chi connectivity index (χ1n) is 6.56. The van der Waals surface area contributed by atoms with Crippen LogP contribution in [0.25, 0.3) is 0 Å². The second-order valence-corrected chi connectivity index (χ2v) is 6.37. The van der Waals surface area contributed by atoms with Crippen molar-refractivity contribution < 1.29 is 9.59 Å². The molecule has 0 aromatic carbocycles. The summed E-state index contributed by atoms with van der Waals surface area (Å²) in [5.41, 5.74) is -0.257. The van der Waals surface area contributed by atoms with Crippen molar-refractivity contribution in [1.29, 1.82) is 0 Å². The SMILES string of the molecule is CC1C=CC([C@]23C[C@@H]2C3)[C@]2(C(=O)N(N)C=O)N[C@@H]12. The Hall–Kier alpha value is -1.20. The number of hydrogen-bond donors (Lipinski definition) is 2. The second kappa shape index (κ2) is 2.86. The molecule has 4 atom stereocenters. The normalized spacial score (nSPS) is 54.1. The summed E-state index contributed by atoms with van der Waals surface area (Å²) in [6.07, 6.45) is 7.25. The van der Waals surface area contributed by atoms with Crippen LogP contribution in [0.5, 0.6) is 0 Å². The molecule has 1 aliphatic heterocycles. The van der Waals surface area contributed by atoms with Crippen LogP contribution < -0.4 is 11.2 Å². The van der Waals surface area contributed by atoms with E-state index in [0.29, 0.717) is 22.8 Å². The van der Waals surface area contributed by atoms with E-state index in [1.807, 2.05) is 0 Å². The summed E-state index contributed by atoms with van der Waals surface area (Å²) >= 11 is 0. The maximum Gasteiger partial charge on any atom is 0.265 e. The standard InChI is InChI=1S/C13H17N3O2/c1-7-2-3-9(12-4-8(12)5-12)13(10(7)15-13)11(18)16(14)6-17/h2-3,6-10,15H,4-5,14H2,1H3/t7?,8-,9?,10-,12+,13-/m0/s1. The molecular formula is C13H17N3O2. The van der Waals surface area contributed by atoms with Crippen LogP contribution in [-0.4, -0.2) is 28.9 Å². The Labute approximate surface area is 105 Å². The number of carbonyl (C=O) groups excluding carboxylic acids is 2. The second-order valence-electron chi connectivity index (χ2n) is 6.37. The first-order valence-corrected chi connectivity index (χ1v) is 6.56. The molecule has 0 spiro atoms. The van der Waals surface area contributed by atoms with E-state index in [-0.39, 0.29) is 17.9 Å². The van der Waals surface area contributed by atoms with Crippen molar-refractivity contribution in [2.24, 2.45) is 29.0 Å². The fourth-order valence-electron chi connectivity index (χ4n) is 4.08. The number of nitrogens with two attached hydrogens (primary N) is 1. The van der Waals surface area contributed by atoms with Crippen molar-refractivity contribution in [1.82, 2.24) is 10.3 Å². The summed E-state index contributed by atoms with van der Waals surface area (Å²) in [6, 6.07) is 0.141. The van der Waals surface area contributed by atoms with Crippen LogP contribution in [0.2, 0.25) is 0 Å². The summed E-state index contributed by atoms with van der Waals surface area (Å²) in [7, 11) is 0. The van der Waals surface area contributed by atoms with E-state index in [9.17, 15) is 9.59 Å². The van der Waals surface area contributed by atoms with Gasteiger partial charge in [-0.2, -0.15) is 0 Å². The maximum atomic E-state index is 12.4. The first-order chi connectivity index (χ1) is 8.56. The van der Waals surface area contributed by atoms with E-state index in [1.165, 1.54) is 12.8 Å². The van der Waals surface area contributed by atoms with Crippen LogP contribution in [0, 0.1) is 23.2 Å². The van der Waals surface area contributed by atoms with Gasteiger partial charge in [0.05, 0.1) is 0 Å². The molecular weight excluding hydrogens is 230 g/mol. The summed E-state index contributed by atoms with van der Waals surface area (Å²) < 4.78 is 0. The van der Waals surface area contributed by atoms with Gasteiger partial charge in [-0.05, 0) is 30.1 Å². The van der Waals surface area contributed by atoms with Gasteiger partial charge in [-0.25, -0.2) is 10.9 Å². The topological polar surface area (TPSA) is 85.3 Å². The fourth-order valence-corrected chi connectivity index (χ4v) is 4.08. The minimum Gasteiger partial charge on any atom is -0.296 e. The molecule has 1 saturated heterocycles. The average molecular weight is 247 g/mol. The zero-order valence-corrected chi connectivity index (χ0v) is 10.3. The molecule has 0 bridgehead atoms. The van der Waals surface area contributed by atoms with Gasteiger partial charge in [0.1, 0.15) is 5.54 Å². The van der Waals surface area contributed by atoms with Crippen LogP contribution in [-0.2, 0) is 9.59 Å². The third kappa shape index (κ3) is 1.01. The Morgan fingerprint density at radius 2 is 2.17 bits per heavy atom. The third-order valence-electron chi connectivity index (χ3n) is 5.49. The molecule has 0 aromatic heterocycles. The van der Waals surface area contributed by atoms with Crippen molar-refractivity contribution in [2.45, 2.75) is 31.3 Å². The van der Waals surface area contributed by atoms with E-state index in [0.717, 1.165) is 5.92 Å². The number of hydrogen-bond acceptors (Lipinski definition) is 4. The van der Waals surface area contributed by atoms with Crippen LogP contribution in [0.1, 0.15) is 19.8 Å². The van der Waals surface area contributed by atoms with Crippen molar-refractivity contribution in [3.05, 3.63) is 12.2 Å². The minimum atomic E-state index is -0.602. The van der Waals surface area contributed by atoms with Gasteiger partial charge in [-0.15, -0.1) is 0 Å². The fraction of sp³-hybridized carbons (Fsp3) is 0.692. The molecule has 0 aromatic rings. The third-order valence-corrected chi connectivity index (χ3v) is 5.49. The van der Waals surface area contributed by atoms with Gasteiger partial charge >= 0.3 is 0 Å². The number of amides is 2.